The Morgan fingerprint density at radius 3 is 2.35 bits per heavy atom. The second-order valence-corrected chi connectivity index (χ2v) is 5.77. The maximum atomic E-state index is 2.56. The summed E-state index contributed by atoms with van der Waals surface area (Å²) in [5.74, 6) is 0. The molecule has 0 atom stereocenters. The number of aryl methyl sites for hydroxylation is 1. The predicted molar refractivity (Wildman–Crippen MR) is 72.4 cm³/mol. The van der Waals surface area contributed by atoms with Gasteiger partial charge < -0.3 is 9.38 Å². The monoisotopic (exact) mass is 231 g/mol. The number of nitrogens with zero attached hydrogens (tertiary/aromatic N) is 2. The van der Waals surface area contributed by atoms with E-state index in [1.54, 1.807) is 0 Å². The summed E-state index contributed by atoms with van der Waals surface area (Å²) in [4.78, 5) is 2.56. The van der Waals surface area contributed by atoms with Crippen molar-refractivity contribution in [1.82, 2.24) is 0 Å². The number of hydrogen-bond acceptors (Lipinski definition) is 1. The highest BCUT2D eigenvalue weighted by molar-refractivity contribution is 5.48. The molecule has 3 rings (SSSR count). The lowest BCUT2D eigenvalue weighted by atomic mass is 10.2. The standard InChI is InChI=1S/C15H23N2/c1-14-5-4-6-15(13-14)16-7-11-17(12-8-16)9-2-3-10-17/h4-6,13H,2-3,7-12H2,1H3/q+1. The van der Waals surface area contributed by atoms with E-state index >= 15 is 0 Å². The van der Waals surface area contributed by atoms with Crippen molar-refractivity contribution >= 4 is 5.69 Å². The third-order valence-electron chi connectivity index (χ3n) is 4.57. The van der Waals surface area contributed by atoms with E-state index in [0.29, 0.717) is 0 Å². The van der Waals surface area contributed by atoms with Gasteiger partial charge in [0.1, 0.15) is 0 Å². The van der Waals surface area contributed by atoms with Crippen LogP contribution in [0, 0.1) is 6.92 Å². The lowest BCUT2D eigenvalue weighted by Crippen LogP contribution is -2.58. The smallest absolute Gasteiger partial charge is 0.0965 e. The number of anilines is 1. The minimum atomic E-state index is 1.24. The van der Waals surface area contributed by atoms with E-state index < -0.39 is 0 Å². The van der Waals surface area contributed by atoms with Crippen LogP contribution in [0.2, 0.25) is 0 Å². The van der Waals surface area contributed by atoms with Crippen LogP contribution < -0.4 is 4.90 Å². The maximum absolute atomic E-state index is 2.56. The highest BCUT2D eigenvalue weighted by Gasteiger charge is 2.35. The van der Waals surface area contributed by atoms with Crippen molar-refractivity contribution in [1.29, 1.82) is 0 Å². The molecule has 92 valence electrons. The van der Waals surface area contributed by atoms with Crippen LogP contribution in [-0.2, 0) is 0 Å². The van der Waals surface area contributed by atoms with Gasteiger partial charge in [0.15, 0.2) is 0 Å². The van der Waals surface area contributed by atoms with Gasteiger partial charge in [0, 0.05) is 18.5 Å². The Labute approximate surface area is 104 Å². The first-order valence-corrected chi connectivity index (χ1v) is 6.94. The van der Waals surface area contributed by atoms with Crippen molar-refractivity contribution in [2.75, 3.05) is 44.2 Å². The van der Waals surface area contributed by atoms with E-state index in [1.807, 2.05) is 0 Å². The summed E-state index contributed by atoms with van der Waals surface area (Å²) < 4.78 is 1.41. The van der Waals surface area contributed by atoms with Gasteiger partial charge in [-0.15, -0.1) is 0 Å². The SMILES string of the molecule is Cc1cccc(N2CC[N+]3(CCCC3)CC2)c1. The van der Waals surface area contributed by atoms with Gasteiger partial charge in [0.05, 0.1) is 39.3 Å². The van der Waals surface area contributed by atoms with Crippen LogP contribution in [0.25, 0.3) is 0 Å². The van der Waals surface area contributed by atoms with Crippen molar-refractivity contribution < 1.29 is 4.48 Å². The topological polar surface area (TPSA) is 3.24 Å². The number of hydrogen-bond donors (Lipinski definition) is 0. The van der Waals surface area contributed by atoms with Gasteiger partial charge in [-0.25, -0.2) is 0 Å². The highest BCUT2D eigenvalue weighted by Crippen LogP contribution is 2.25. The summed E-state index contributed by atoms with van der Waals surface area (Å²) in [5, 5.41) is 0. The number of quaternary nitrogens is 1. The van der Waals surface area contributed by atoms with Gasteiger partial charge in [0.2, 0.25) is 0 Å². The minimum absolute atomic E-state index is 1.24. The molecule has 1 aromatic rings. The fraction of sp³-hybridized carbons (Fsp3) is 0.600. The summed E-state index contributed by atoms with van der Waals surface area (Å²) in [6, 6.07) is 8.94. The molecule has 0 N–H and O–H groups in total. The molecule has 2 aliphatic heterocycles. The Bertz CT molecular complexity index is 384. The molecule has 2 heterocycles. The van der Waals surface area contributed by atoms with Crippen molar-refractivity contribution in [2.24, 2.45) is 0 Å². The van der Waals surface area contributed by atoms with Crippen LogP contribution >= 0.6 is 0 Å². The summed E-state index contributed by atoms with van der Waals surface area (Å²) in [6.45, 7) is 10.2. The van der Waals surface area contributed by atoms with Crippen molar-refractivity contribution in [3.8, 4) is 0 Å². The summed E-state index contributed by atoms with van der Waals surface area (Å²) in [6.07, 6.45) is 2.90. The first-order chi connectivity index (χ1) is 8.27. The Morgan fingerprint density at radius 2 is 1.71 bits per heavy atom. The summed E-state index contributed by atoms with van der Waals surface area (Å²) in [5.41, 5.74) is 2.79. The molecular weight excluding hydrogens is 208 g/mol. The van der Waals surface area contributed by atoms with Crippen LogP contribution in [0.15, 0.2) is 24.3 Å². The van der Waals surface area contributed by atoms with E-state index in [4.69, 9.17) is 0 Å². The molecule has 2 aliphatic rings. The van der Waals surface area contributed by atoms with Crippen molar-refractivity contribution in [2.45, 2.75) is 19.8 Å². The molecule has 1 spiro atoms. The molecule has 0 saturated carbocycles. The molecule has 1 aromatic carbocycles. The fourth-order valence-corrected chi connectivity index (χ4v) is 3.43. The minimum Gasteiger partial charge on any atom is -0.360 e. The number of piperazine rings is 1. The fourth-order valence-electron chi connectivity index (χ4n) is 3.43. The normalized spacial score (nSPS) is 23.2. The maximum Gasteiger partial charge on any atom is 0.0965 e. The summed E-state index contributed by atoms with van der Waals surface area (Å²) in [7, 11) is 0. The van der Waals surface area contributed by atoms with E-state index in [1.165, 1.54) is 67.8 Å². The Hall–Kier alpha value is -1.02. The van der Waals surface area contributed by atoms with Crippen LogP contribution in [0.1, 0.15) is 18.4 Å². The lowest BCUT2D eigenvalue weighted by Gasteiger charge is -2.42. The first kappa shape index (κ1) is 11.1. The van der Waals surface area contributed by atoms with E-state index in [9.17, 15) is 0 Å². The average Bonchev–Trinajstić information content (AvgIpc) is 2.79. The molecule has 0 aliphatic carbocycles. The van der Waals surface area contributed by atoms with Crippen LogP contribution in [0.4, 0.5) is 5.69 Å². The quantitative estimate of drug-likeness (QED) is 0.671. The molecule has 0 radical (unpaired) electrons. The summed E-state index contributed by atoms with van der Waals surface area (Å²) >= 11 is 0. The zero-order valence-electron chi connectivity index (χ0n) is 10.9. The van der Waals surface area contributed by atoms with E-state index in [2.05, 4.69) is 36.1 Å². The number of benzene rings is 1. The first-order valence-electron chi connectivity index (χ1n) is 6.94. The molecule has 17 heavy (non-hydrogen) atoms. The van der Waals surface area contributed by atoms with Crippen molar-refractivity contribution in [3.63, 3.8) is 0 Å². The Balaban J connectivity index is 1.68. The molecule has 2 nitrogen and oxygen atoms in total. The largest absolute Gasteiger partial charge is 0.360 e. The van der Waals surface area contributed by atoms with Crippen LogP contribution in [0.3, 0.4) is 0 Å². The van der Waals surface area contributed by atoms with Gasteiger partial charge in [-0.05, 0) is 24.6 Å². The lowest BCUT2D eigenvalue weighted by molar-refractivity contribution is -0.917. The molecule has 0 aromatic heterocycles. The van der Waals surface area contributed by atoms with Gasteiger partial charge in [0.25, 0.3) is 0 Å². The molecule has 0 amide bonds. The predicted octanol–water partition coefficient (Wildman–Crippen LogP) is 2.43. The van der Waals surface area contributed by atoms with Gasteiger partial charge in [-0.2, -0.15) is 0 Å². The van der Waals surface area contributed by atoms with Crippen molar-refractivity contribution in [3.05, 3.63) is 29.8 Å². The zero-order valence-corrected chi connectivity index (χ0v) is 10.9. The zero-order chi connectivity index (χ0) is 11.7. The molecule has 0 unspecified atom stereocenters. The van der Waals surface area contributed by atoms with Gasteiger partial charge in [-0.1, -0.05) is 12.1 Å². The van der Waals surface area contributed by atoms with Gasteiger partial charge >= 0.3 is 0 Å². The Kier molecular flexibility index (Phi) is 2.83. The molecule has 0 bridgehead atoms. The van der Waals surface area contributed by atoms with E-state index in [-0.39, 0.29) is 0 Å². The molecular formula is C15H23N2+. The molecule has 2 saturated heterocycles. The third-order valence-corrected chi connectivity index (χ3v) is 4.57. The molecule has 2 heteroatoms. The average molecular weight is 231 g/mol. The Morgan fingerprint density at radius 1 is 1.00 bits per heavy atom. The highest BCUT2D eigenvalue weighted by atomic mass is 15.4. The molecule has 2 fully saturated rings. The van der Waals surface area contributed by atoms with Crippen LogP contribution in [-0.4, -0.2) is 43.8 Å². The second kappa shape index (κ2) is 4.34. The third kappa shape index (κ3) is 2.19. The van der Waals surface area contributed by atoms with Crippen LogP contribution in [0.5, 0.6) is 0 Å². The van der Waals surface area contributed by atoms with E-state index in [0.717, 1.165) is 0 Å². The number of rotatable bonds is 1. The second-order valence-electron chi connectivity index (χ2n) is 5.77. The van der Waals surface area contributed by atoms with Gasteiger partial charge in [-0.3, -0.25) is 0 Å².